The highest BCUT2D eigenvalue weighted by atomic mass is 32.2. The van der Waals surface area contributed by atoms with Crippen molar-refractivity contribution < 1.29 is 48.5 Å². The Balaban J connectivity index is 1.58. The molecule has 0 spiro atoms. The van der Waals surface area contributed by atoms with Crippen LogP contribution < -0.4 is 10.6 Å². The van der Waals surface area contributed by atoms with Crippen LogP contribution in [0.1, 0.15) is 25.5 Å². The Morgan fingerprint density at radius 3 is 2.40 bits per heavy atom. The van der Waals surface area contributed by atoms with Crippen molar-refractivity contribution in [3.63, 3.8) is 0 Å². The molecule has 0 saturated carbocycles. The summed E-state index contributed by atoms with van der Waals surface area (Å²) in [5.74, 6) is -5.81. The number of fused-ring (bicyclic) bond motifs is 1. The van der Waals surface area contributed by atoms with Gasteiger partial charge in [0.05, 0.1) is 6.61 Å². The van der Waals surface area contributed by atoms with E-state index in [1.807, 2.05) is 0 Å². The number of benzene rings is 1. The molecule has 2 saturated heterocycles. The molecule has 224 valence electrons. The molecule has 1 aromatic rings. The maximum Gasteiger partial charge on any atom is 0.352 e. The minimum atomic E-state index is -1.94. The molecule has 16 heteroatoms. The molecule has 6 amide bonds. The van der Waals surface area contributed by atoms with Crippen LogP contribution in [0.3, 0.4) is 0 Å². The van der Waals surface area contributed by atoms with Crippen molar-refractivity contribution in [2.75, 3.05) is 38.6 Å². The van der Waals surface area contributed by atoms with Crippen LogP contribution in [0.5, 0.6) is 0 Å². The lowest BCUT2D eigenvalue weighted by Gasteiger charge is -2.56. The minimum absolute atomic E-state index is 0.0275. The number of nitrogens with zero attached hydrogens (tertiary/aromatic N) is 3. The Bertz CT molecular complexity index is 1370. The molecule has 0 radical (unpaired) electrons. The van der Waals surface area contributed by atoms with Gasteiger partial charge in [-0.2, -0.15) is 0 Å². The van der Waals surface area contributed by atoms with Crippen LogP contribution in [0, 0.1) is 0 Å². The Morgan fingerprint density at radius 2 is 1.81 bits per heavy atom. The SMILES string of the molecule is CCN1CCN(C(=O)NC(C(=O)N[C@@]2(CO)C(=O)N3C(C(=O)O)=C(COC(C)=O)CS[C@@H]32)c2ccccc2)C(=O)C1=O. The van der Waals surface area contributed by atoms with Crippen molar-refractivity contribution in [1.29, 1.82) is 0 Å². The van der Waals surface area contributed by atoms with Crippen LogP contribution in [0.25, 0.3) is 0 Å². The van der Waals surface area contributed by atoms with Crippen molar-refractivity contribution in [2.45, 2.75) is 30.8 Å². The number of amides is 6. The number of carboxylic acid groups (broad SMARTS) is 1. The van der Waals surface area contributed by atoms with Gasteiger partial charge in [-0.3, -0.25) is 33.8 Å². The van der Waals surface area contributed by atoms with Crippen molar-refractivity contribution in [3.8, 4) is 0 Å². The van der Waals surface area contributed by atoms with E-state index in [1.54, 1.807) is 25.1 Å². The van der Waals surface area contributed by atoms with Crippen LogP contribution in [-0.4, -0.2) is 116 Å². The third kappa shape index (κ3) is 5.42. The predicted octanol–water partition coefficient (Wildman–Crippen LogP) is -1.21. The zero-order valence-electron chi connectivity index (χ0n) is 22.7. The van der Waals surface area contributed by atoms with E-state index in [-0.39, 0.29) is 43.1 Å². The second kappa shape index (κ2) is 12.2. The number of carboxylic acids is 1. The molecular formula is C26H29N5O10S. The van der Waals surface area contributed by atoms with Gasteiger partial charge in [0, 0.05) is 37.9 Å². The number of ether oxygens (including phenoxy) is 1. The number of hydrogen-bond acceptors (Lipinski definition) is 10. The number of piperazine rings is 1. The summed E-state index contributed by atoms with van der Waals surface area (Å²) in [6.45, 7) is 1.91. The smallest absolute Gasteiger partial charge is 0.352 e. The number of imide groups is 1. The van der Waals surface area contributed by atoms with Crippen molar-refractivity contribution in [2.24, 2.45) is 0 Å². The number of β-lactam (4-membered cyclic amide) rings is 1. The number of hydrogen-bond donors (Lipinski definition) is 4. The molecule has 15 nitrogen and oxygen atoms in total. The van der Waals surface area contributed by atoms with Gasteiger partial charge < -0.3 is 30.5 Å². The molecule has 1 unspecified atom stereocenters. The van der Waals surface area contributed by atoms with Crippen molar-refractivity contribution >= 4 is 53.4 Å². The van der Waals surface area contributed by atoms with E-state index in [4.69, 9.17) is 4.74 Å². The van der Waals surface area contributed by atoms with E-state index in [1.165, 1.54) is 17.0 Å². The summed E-state index contributed by atoms with van der Waals surface area (Å²) >= 11 is 1.05. The topological polar surface area (TPSA) is 203 Å². The Hall–Kier alpha value is -4.44. The van der Waals surface area contributed by atoms with Gasteiger partial charge in [-0.25, -0.2) is 9.59 Å². The van der Waals surface area contributed by atoms with E-state index >= 15 is 0 Å². The van der Waals surface area contributed by atoms with Crippen LogP contribution in [0.2, 0.25) is 0 Å². The van der Waals surface area contributed by atoms with Gasteiger partial charge in [0.15, 0.2) is 5.54 Å². The third-order valence-corrected chi connectivity index (χ3v) is 8.54. The molecular weight excluding hydrogens is 574 g/mol. The first kappa shape index (κ1) is 30.5. The number of nitrogens with one attached hydrogen (secondary N) is 2. The van der Waals surface area contributed by atoms with E-state index in [0.717, 1.165) is 23.6 Å². The van der Waals surface area contributed by atoms with Crippen LogP contribution in [0.4, 0.5) is 4.79 Å². The highest BCUT2D eigenvalue weighted by molar-refractivity contribution is 8.00. The number of aliphatic hydroxyl groups is 1. The highest BCUT2D eigenvalue weighted by Crippen LogP contribution is 2.46. The van der Waals surface area contributed by atoms with Crippen LogP contribution >= 0.6 is 11.8 Å². The molecule has 3 atom stereocenters. The number of likely N-dealkylation sites (N-methyl/N-ethyl adjacent to an activating group) is 1. The highest BCUT2D eigenvalue weighted by Gasteiger charge is 2.65. The normalized spacial score (nSPS) is 22.7. The monoisotopic (exact) mass is 603 g/mol. The second-order valence-corrected chi connectivity index (χ2v) is 10.7. The number of aliphatic carboxylic acids is 1. The molecule has 4 rings (SSSR count). The maximum atomic E-state index is 13.7. The van der Waals surface area contributed by atoms with Gasteiger partial charge in [0.25, 0.3) is 5.91 Å². The quantitative estimate of drug-likeness (QED) is 0.150. The molecule has 42 heavy (non-hydrogen) atoms. The summed E-state index contributed by atoms with van der Waals surface area (Å²) in [5.41, 5.74) is -1.91. The second-order valence-electron chi connectivity index (χ2n) is 9.63. The molecule has 3 heterocycles. The minimum Gasteiger partial charge on any atom is -0.477 e. The first-order chi connectivity index (χ1) is 20.0. The average Bonchev–Trinajstić information content (AvgIpc) is 2.98. The first-order valence-corrected chi connectivity index (χ1v) is 13.9. The zero-order valence-corrected chi connectivity index (χ0v) is 23.5. The summed E-state index contributed by atoms with van der Waals surface area (Å²) < 4.78 is 4.92. The summed E-state index contributed by atoms with van der Waals surface area (Å²) in [6, 6.07) is 5.44. The Morgan fingerprint density at radius 1 is 1.12 bits per heavy atom. The van der Waals surface area contributed by atoms with E-state index in [2.05, 4.69) is 10.6 Å². The number of esters is 1. The van der Waals surface area contributed by atoms with Crippen molar-refractivity contribution in [3.05, 3.63) is 47.2 Å². The third-order valence-electron chi connectivity index (χ3n) is 7.09. The average molecular weight is 604 g/mol. The van der Waals surface area contributed by atoms with Gasteiger partial charge in [-0.15, -0.1) is 11.8 Å². The van der Waals surface area contributed by atoms with E-state index < -0.39 is 70.9 Å². The molecule has 1 aromatic carbocycles. The molecule has 0 aliphatic carbocycles. The molecule has 3 aliphatic heterocycles. The standard InChI is InChI=1S/C26H29N5O10S/c1-3-29-9-10-30(21(36)20(29)35)25(40)27-17(15-7-5-4-6-8-15)19(34)28-26(13-32)23(39)31-18(22(37)38)16(11-41-14(2)33)12-42-24(26)31/h4-8,17,24,32H,3,9-13H2,1-2H3,(H,27,40)(H,28,34)(H,37,38)/t17?,24-,26+/m1/s1. The first-order valence-electron chi connectivity index (χ1n) is 12.9. The fraction of sp³-hybridized carbons (Fsp3) is 0.423. The summed E-state index contributed by atoms with van der Waals surface area (Å²) in [4.78, 5) is 91.3. The lowest BCUT2D eigenvalue weighted by atomic mass is 9.86. The fourth-order valence-electron chi connectivity index (χ4n) is 4.90. The van der Waals surface area contributed by atoms with Gasteiger partial charge in [-0.1, -0.05) is 30.3 Å². The van der Waals surface area contributed by atoms with Crippen molar-refractivity contribution in [1.82, 2.24) is 25.3 Å². The zero-order chi connectivity index (χ0) is 30.8. The predicted molar refractivity (Wildman–Crippen MR) is 144 cm³/mol. The van der Waals surface area contributed by atoms with Gasteiger partial charge in [-0.05, 0) is 12.5 Å². The largest absolute Gasteiger partial charge is 0.477 e. The number of carbonyl (C=O) groups excluding carboxylic acids is 6. The number of urea groups is 1. The molecule has 4 N–H and O–H groups in total. The van der Waals surface area contributed by atoms with Crippen LogP contribution in [-0.2, 0) is 33.5 Å². The number of thioether (sulfide) groups is 1. The maximum absolute atomic E-state index is 13.7. The Kier molecular flexibility index (Phi) is 8.86. The lowest BCUT2D eigenvalue weighted by Crippen LogP contribution is -2.81. The van der Waals surface area contributed by atoms with Gasteiger partial charge in [0.2, 0.25) is 5.91 Å². The van der Waals surface area contributed by atoms with E-state index in [9.17, 15) is 43.8 Å². The molecule has 0 aromatic heterocycles. The lowest BCUT2D eigenvalue weighted by molar-refractivity contribution is -0.162. The molecule has 2 fully saturated rings. The molecule has 0 bridgehead atoms. The fourth-order valence-corrected chi connectivity index (χ4v) is 6.35. The van der Waals surface area contributed by atoms with E-state index in [0.29, 0.717) is 4.90 Å². The Labute approximate surface area is 243 Å². The summed E-state index contributed by atoms with van der Waals surface area (Å²) in [7, 11) is 0. The number of aliphatic hydroxyl groups excluding tert-OH is 1. The number of rotatable bonds is 9. The number of carbonyl (C=O) groups is 7. The summed E-state index contributed by atoms with van der Waals surface area (Å²) in [6.07, 6.45) is 0. The van der Waals surface area contributed by atoms with Crippen LogP contribution in [0.15, 0.2) is 41.6 Å². The molecule has 3 aliphatic rings. The van der Waals surface area contributed by atoms with Gasteiger partial charge in [0.1, 0.15) is 23.7 Å². The summed E-state index contributed by atoms with van der Waals surface area (Å²) in [5, 5.41) is 24.1. The van der Waals surface area contributed by atoms with Gasteiger partial charge >= 0.3 is 29.8 Å².